The Bertz CT molecular complexity index is 662. The van der Waals surface area contributed by atoms with Gasteiger partial charge < -0.3 is 10.3 Å². The molecule has 0 amide bonds. The maximum Gasteiger partial charge on any atom is 0.292 e. The van der Waals surface area contributed by atoms with Crippen molar-refractivity contribution in [2.75, 3.05) is 5.73 Å². The third-order valence-corrected chi connectivity index (χ3v) is 3.89. The highest BCUT2D eigenvalue weighted by Crippen LogP contribution is 2.33. The van der Waals surface area contributed by atoms with Gasteiger partial charge in [-0.1, -0.05) is 24.4 Å². The van der Waals surface area contributed by atoms with E-state index < -0.39 is 4.92 Å². The van der Waals surface area contributed by atoms with Crippen molar-refractivity contribution in [3.8, 4) is 11.5 Å². The quantitative estimate of drug-likeness (QED) is 0.527. The monoisotopic (exact) mass is 288 g/mol. The van der Waals surface area contributed by atoms with E-state index in [0.29, 0.717) is 23.2 Å². The molecule has 21 heavy (non-hydrogen) atoms. The lowest BCUT2D eigenvalue weighted by Crippen LogP contribution is -2.06. The van der Waals surface area contributed by atoms with E-state index in [1.165, 1.54) is 31.4 Å². The fraction of sp³-hybridized carbons (Fsp3) is 0.429. The lowest BCUT2D eigenvalue weighted by Gasteiger charge is -2.17. The van der Waals surface area contributed by atoms with Crippen LogP contribution in [0.1, 0.15) is 43.8 Å². The summed E-state index contributed by atoms with van der Waals surface area (Å²) in [5.74, 6) is 1.34. The van der Waals surface area contributed by atoms with Gasteiger partial charge in [-0.3, -0.25) is 10.1 Å². The van der Waals surface area contributed by atoms with Gasteiger partial charge in [-0.15, -0.1) is 0 Å². The smallest absolute Gasteiger partial charge is 0.292 e. The SMILES string of the molecule is Nc1ccc(-c2nc(C3CCCCC3)no2)cc1[N+](=O)[O-]. The molecule has 1 heterocycles. The highest BCUT2D eigenvalue weighted by atomic mass is 16.6. The van der Waals surface area contributed by atoms with Crippen molar-refractivity contribution >= 4 is 11.4 Å². The van der Waals surface area contributed by atoms with E-state index in [1.807, 2.05) is 0 Å². The number of nitrogen functional groups attached to an aromatic ring is 1. The average molecular weight is 288 g/mol. The van der Waals surface area contributed by atoms with E-state index in [-0.39, 0.29) is 11.4 Å². The van der Waals surface area contributed by atoms with Gasteiger partial charge in [0.25, 0.3) is 11.6 Å². The first-order valence-corrected chi connectivity index (χ1v) is 7.03. The van der Waals surface area contributed by atoms with Crippen LogP contribution in [0.15, 0.2) is 22.7 Å². The first-order valence-electron chi connectivity index (χ1n) is 7.03. The van der Waals surface area contributed by atoms with Crippen molar-refractivity contribution in [1.82, 2.24) is 10.1 Å². The average Bonchev–Trinajstić information content (AvgIpc) is 2.98. The Morgan fingerprint density at radius 1 is 1.29 bits per heavy atom. The summed E-state index contributed by atoms with van der Waals surface area (Å²) in [5, 5.41) is 14.9. The topological polar surface area (TPSA) is 108 Å². The number of nitro groups is 1. The standard InChI is InChI=1S/C14H16N4O3/c15-11-7-6-10(8-12(11)18(19)20)14-16-13(17-21-14)9-4-2-1-3-5-9/h6-9H,1-5,15H2. The van der Waals surface area contributed by atoms with Crippen LogP contribution >= 0.6 is 0 Å². The van der Waals surface area contributed by atoms with E-state index in [4.69, 9.17) is 10.3 Å². The third-order valence-electron chi connectivity index (χ3n) is 3.89. The van der Waals surface area contributed by atoms with E-state index in [1.54, 1.807) is 6.07 Å². The highest BCUT2D eigenvalue weighted by molar-refractivity contribution is 5.67. The molecule has 1 aromatic carbocycles. The van der Waals surface area contributed by atoms with E-state index >= 15 is 0 Å². The maximum atomic E-state index is 10.9. The molecule has 0 atom stereocenters. The van der Waals surface area contributed by atoms with Crippen molar-refractivity contribution in [3.05, 3.63) is 34.1 Å². The van der Waals surface area contributed by atoms with Crippen LogP contribution in [0.3, 0.4) is 0 Å². The molecule has 3 rings (SSSR count). The van der Waals surface area contributed by atoms with Gasteiger partial charge in [0.15, 0.2) is 5.82 Å². The zero-order valence-electron chi connectivity index (χ0n) is 11.5. The van der Waals surface area contributed by atoms with Gasteiger partial charge in [-0.2, -0.15) is 4.98 Å². The van der Waals surface area contributed by atoms with Crippen LogP contribution in [0.5, 0.6) is 0 Å². The molecule has 1 aliphatic rings. The number of aromatic nitrogens is 2. The Labute approximate surface area is 121 Å². The molecule has 0 spiro atoms. The maximum absolute atomic E-state index is 10.9. The molecule has 2 N–H and O–H groups in total. The van der Waals surface area contributed by atoms with E-state index in [0.717, 1.165) is 12.8 Å². The zero-order valence-corrected chi connectivity index (χ0v) is 11.5. The molecule has 7 heteroatoms. The van der Waals surface area contributed by atoms with Crippen molar-refractivity contribution < 1.29 is 9.45 Å². The summed E-state index contributed by atoms with van der Waals surface area (Å²) < 4.78 is 5.25. The van der Waals surface area contributed by atoms with E-state index in [9.17, 15) is 10.1 Å². The van der Waals surface area contributed by atoms with Crippen LogP contribution < -0.4 is 5.73 Å². The van der Waals surface area contributed by atoms with Crippen molar-refractivity contribution in [2.45, 2.75) is 38.0 Å². The van der Waals surface area contributed by atoms with Crippen LogP contribution in [0.2, 0.25) is 0 Å². The summed E-state index contributed by atoms with van der Waals surface area (Å²) in [7, 11) is 0. The Hall–Kier alpha value is -2.44. The van der Waals surface area contributed by atoms with Gasteiger partial charge in [-0.05, 0) is 25.0 Å². The molecule has 110 valence electrons. The molecular formula is C14H16N4O3. The highest BCUT2D eigenvalue weighted by Gasteiger charge is 2.22. The summed E-state index contributed by atoms with van der Waals surface area (Å²) in [6, 6.07) is 4.51. The predicted octanol–water partition coefficient (Wildman–Crippen LogP) is 3.27. The van der Waals surface area contributed by atoms with Crippen LogP contribution in [0.25, 0.3) is 11.5 Å². The molecule has 0 saturated heterocycles. The van der Waals surface area contributed by atoms with Gasteiger partial charge in [0.05, 0.1) is 4.92 Å². The van der Waals surface area contributed by atoms with Crippen LogP contribution in [-0.4, -0.2) is 15.1 Å². The molecule has 1 aromatic heterocycles. The number of benzene rings is 1. The van der Waals surface area contributed by atoms with Gasteiger partial charge in [0, 0.05) is 17.5 Å². The molecule has 0 aliphatic heterocycles. The fourth-order valence-corrected chi connectivity index (χ4v) is 2.71. The third kappa shape index (κ3) is 2.72. The molecular weight excluding hydrogens is 272 g/mol. The lowest BCUT2D eigenvalue weighted by atomic mass is 9.89. The minimum Gasteiger partial charge on any atom is -0.393 e. The van der Waals surface area contributed by atoms with Crippen molar-refractivity contribution in [2.24, 2.45) is 0 Å². The fourth-order valence-electron chi connectivity index (χ4n) is 2.71. The Kier molecular flexibility index (Phi) is 3.55. The summed E-state index contributed by atoms with van der Waals surface area (Å²) in [6.07, 6.45) is 5.76. The first kappa shape index (κ1) is 13.5. The number of nitro benzene ring substituents is 1. The number of nitrogens with zero attached hydrogens (tertiary/aromatic N) is 3. The number of anilines is 1. The Morgan fingerprint density at radius 3 is 2.76 bits per heavy atom. The normalized spacial score (nSPS) is 16.0. The van der Waals surface area contributed by atoms with E-state index in [2.05, 4.69) is 10.1 Å². The lowest BCUT2D eigenvalue weighted by molar-refractivity contribution is -0.383. The largest absolute Gasteiger partial charge is 0.393 e. The molecule has 0 unspecified atom stereocenters. The molecule has 1 saturated carbocycles. The zero-order chi connectivity index (χ0) is 14.8. The number of hydrogen-bond acceptors (Lipinski definition) is 6. The van der Waals surface area contributed by atoms with Crippen molar-refractivity contribution in [3.63, 3.8) is 0 Å². The first-order chi connectivity index (χ1) is 10.1. The Balaban J connectivity index is 1.89. The Morgan fingerprint density at radius 2 is 2.05 bits per heavy atom. The number of hydrogen-bond donors (Lipinski definition) is 1. The minimum absolute atomic E-state index is 0.121. The van der Waals surface area contributed by atoms with Crippen LogP contribution in [0, 0.1) is 10.1 Å². The number of rotatable bonds is 3. The molecule has 7 nitrogen and oxygen atoms in total. The van der Waals surface area contributed by atoms with Crippen LogP contribution in [-0.2, 0) is 0 Å². The molecule has 2 aromatic rings. The minimum atomic E-state index is -0.517. The van der Waals surface area contributed by atoms with Crippen LogP contribution in [0.4, 0.5) is 11.4 Å². The predicted molar refractivity (Wildman–Crippen MR) is 76.6 cm³/mol. The second-order valence-corrected chi connectivity index (χ2v) is 5.32. The van der Waals surface area contributed by atoms with Crippen molar-refractivity contribution in [1.29, 1.82) is 0 Å². The molecule has 0 bridgehead atoms. The summed E-state index contributed by atoms with van der Waals surface area (Å²) >= 11 is 0. The van der Waals surface area contributed by atoms with Gasteiger partial charge in [0.1, 0.15) is 5.69 Å². The molecule has 1 aliphatic carbocycles. The molecule has 0 radical (unpaired) electrons. The second kappa shape index (κ2) is 5.51. The van der Waals surface area contributed by atoms with Gasteiger partial charge in [-0.25, -0.2) is 0 Å². The van der Waals surface area contributed by atoms with Gasteiger partial charge >= 0.3 is 0 Å². The number of nitrogens with two attached hydrogens (primary N) is 1. The molecule has 1 fully saturated rings. The summed E-state index contributed by atoms with van der Waals surface area (Å²) in [4.78, 5) is 14.8. The summed E-state index contributed by atoms with van der Waals surface area (Å²) in [5.41, 5.74) is 6.07. The summed E-state index contributed by atoms with van der Waals surface area (Å²) in [6.45, 7) is 0. The second-order valence-electron chi connectivity index (χ2n) is 5.32. The van der Waals surface area contributed by atoms with Gasteiger partial charge in [0.2, 0.25) is 0 Å².